The van der Waals surface area contributed by atoms with Gasteiger partial charge in [-0.3, -0.25) is 0 Å². The van der Waals surface area contributed by atoms with Crippen molar-refractivity contribution in [3.63, 3.8) is 0 Å². The average molecular weight is 1210 g/mol. The molecule has 4 heteroatoms. The Labute approximate surface area is 553 Å². The molecule has 450 valence electrons. The van der Waals surface area contributed by atoms with Gasteiger partial charge in [-0.15, -0.1) is 0 Å². The van der Waals surface area contributed by atoms with E-state index < -0.39 is 0 Å². The summed E-state index contributed by atoms with van der Waals surface area (Å²) in [5, 5.41) is 0. The molecule has 0 aliphatic heterocycles. The standard InChI is InChI=1S/C90H70N4/c1-7-19-67(20-8-1)71-35-51-83(52-36-71)91(79-23-11-3-12-24-79)87-59-43-75(44-60-87)77-47-63-89(64-48-77)93(81-27-15-5-16-28-81)85-55-39-73(40-56-85)69-31-33-70(34-32-69)74-41-57-86(58-42-74)94(82-29-17-6-18-30-82)90-65-49-78(50-66-90)76-45-61-88(62-46-76)92(80-25-13-4-14-26-80)84-53-37-72(38-54-84)68-21-9-2-10-22-68/h1-29,31-49,51-65,82H,30,50,66H2. The van der Waals surface area contributed by atoms with Crippen molar-refractivity contribution in [1.29, 1.82) is 0 Å². The molecule has 0 radical (unpaired) electrons. The zero-order valence-corrected chi connectivity index (χ0v) is 52.4. The number of hydrogen-bond donors (Lipinski definition) is 0. The predicted molar refractivity (Wildman–Crippen MR) is 399 cm³/mol. The van der Waals surface area contributed by atoms with Gasteiger partial charge in [0.25, 0.3) is 0 Å². The van der Waals surface area contributed by atoms with E-state index in [1.807, 2.05) is 0 Å². The van der Waals surface area contributed by atoms with Crippen LogP contribution >= 0.6 is 0 Å². The first-order chi connectivity index (χ1) is 46.6. The van der Waals surface area contributed by atoms with E-state index in [0.717, 1.165) is 81.6 Å². The quantitative estimate of drug-likeness (QED) is 0.0849. The normalized spacial score (nSPS) is 13.3. The number of anilines is 10. The second kappa shape index (κ2) is 27.2. The van der Waals surface area contributed by atoms with Gasteiger partial charge in [0.1, 0.15) is 0 Å². The fraction of sp³-hybridized carbons (Fsp3) is 0.0444. The van der Waals surface area contributed by atoms with Gasteiger partial charge in [0.15, 0.2) is 0 Å². The molecule has 0 bridgehead atoms. The van der Waals surface area contributed by atoms with Crippen molar-refractivity contribution in [3.05, 3.63) is 393 Å². The van der Waals surface area contributed by atoms with Crippen molar-refractivity contribution < 1.29 is 0 Å². The van der Waals surface area contributed by atoms with Crippen molar-refractivity contribution in [2.75, 3.05) is 19.6 Å². The Morgan fingerprint density at radius 2 is 0.468 bits per heavy atom. The van der Waals surface area contributed by atoms with Crippen LogP contribution in [0, 0.1) is 0 Å². The van der Waals surface area contributed by atoms with Gasteiger partial charge in [0.2, 0.25) is 0 Å². The van der Waals surface area contributed by atoms with Crippen LogP contribution < -0.4 is 19.6 Å². The SMILES string of the molecule is C1=CCC(N(C2=CC=C(c3ccc(N(c4ccccc4)c4ccc(-c5ccccc5)cc4)cc3)CC2)c2ccc(-c3ccc(-c4ccc(N(c5ccccc5)c5ccc(-c6ccc(N(c7ccccc7)c7ccc(-c8ccccc8)cc7)cc6)cc5)cc4)cc3)cc2)C=C1. The highest BCUT2D eigenvalue weighted by Crippen LogP contribution is 2.42. The van der Waals surface area contributed by atoms with Crippen molar-refractivity contribution >= 4 is 62.4 Å². The van der Waals surface area contributed by atoms with Crippen LogP contribution in [0.2, 0.25) is 0 Å². The summed E-state index contributed by atoms with van der Waals surface area (Å²) < 4.78 is 0. The van der Waals surface area contributed by atoms with E-state index in [1.54, 1.807) is 0 Å². The smallest absolute Gasteiger partial charge is 0.0556 e. The molecule has 1 unspecified atom stereocenters. The Kier molecular flexibility index (Phi) is 16.9. The monoisotopic (exact) mass is 1210 g/mol. The minimum absolute atomic E-state index is 0.233. The van der Waals surface area contributed by atoms with Crippen LogP contribution in [-0.2, 0) is 0 Å². The second-order valence-corrected chi connectivity index (χ2v) is 24.0. The fourth-order valence-electron chi connectivity index (χ4n) is 13.2. The zero-order valence-electron chi connectivity index (χ0n) is 52.4. The largest absolute Gasteiger partial charge is 0.338 e. The lowest BCUT2D eigenvalue weighted by molar-refractivity contribution is 0.723. The summed E-state index contributed by atoms with van der Waals surface area (Å²) in [7, 11) is 0. The van der Waals surface area contributed by atoms with E-state index >= 15 is 0 Å². The van der Waals surface area contributed by atoms with Crippen molar-refractivity contribution in [1.82, 2.24) is 0 Å². The summed E-state index contributed by atoms with van der Waals surface area (Å²) in [5.41, 5.74) is 27.0. The third kappa shape index (κ3) is 12.7. The Hall–Kier alpha value is -12.0. The van der Waals surface area contributed by atoms with E-state index in [-0.39, 0.29) is 6.04 Å². The first-order valence-corrected chi connectivity index (χ1v) is 32.6. The van der Waals surface area contributed by atoms with Crippen LogP contribution in [0.4, 0.5) is 56.9 Å². The van der Waals surface area contributed by atoms with E-state index in [0.29, 0.717) is 0 Å². The fourth-order valence-corrected chi connectivity index (χ4v) is 13.2. The lowest BCUT2D eigenvalue weighted by Gasteiger charge is -2.36. The molecule has 0 saturated heterocycles. The molecular weight excluding hydrogens is 1140 g/mol. The summed E-state index contributed by atoms with van der Waals surface area (Å²) in [5.74, 6) is 0. The van der Waals surface area contributed by atoms with Crippen LogP contribution in [-0.4, -0.2) is 6.04 Å². The Morgan fingerprint density at radius 1 is 0.213 bits per heavy atom. The van der Waals surface area contributed by atoms with Crippen molar-refractivity contribution in [3.8, 4) is 55.6 Å². The van der Waals surface area contributed by atoms with E-state index in [1.165, 1.54) is 67.0 Å². The van der Waals surface area contributed by atoms with Crippen molar-refractivity contribution in [2.24, 2.45) is 0 Å². The van der Waals surface area contributed by atoms with Gasteiger partial charge in [-0.1, -0.05) is 255 Å². The average Bonchev–Trinajstić information content (AvgIpc) is 1.76. The molecular formula is C90H70N4. The first kappa shape index (κ1) is 58.4. The van der Waals surface area contributed by atoms with Gasteiger partial charge in [-0.05, 0) is 213 Å². The highest BCUT2D eigenvalue weighted by molar-refractivity contribution is 5.85. The molecule has 94 heavy (non-hydrogen) atoms. The second-order valence-electron chi connectivity index (χ2n) is 24.0. The van der Waals surface area contributed by atoms with Gasteiger partial charge < -0.3 is 19.6 Å². The Balaban J connectivity index is 0.625. The number of para-hydroxylation sites is 3. The number of allylic oxidation sites excluding steroid dienone is 6. The number of nitrogens with zero attached hydrogens (tertiary/aromatic N) is 4. The minimum atomic E-state index is 0.233. The third-order valence-electron chi connectivity index (χ3n) is 18.1. The molecule has 4 nitrogen and oxygen atoms in total. The van der Waals surface area contributed by atoms with E-state index in [9.17, 15) is 0 Å². The summed E-state index contributed by atoms with van der Waals surface area (Å²) >= 11 is 0. The molecule has 0 fully saturated rings. The minimum Gasteiger partial charge on any atom is -0.338 e. The van der Waals surface area contributed by atoms with Gasteiger partial charge in [-0.2, -0.15) is 0 Å². The summed E-state index contributed by atoms with van der Waals surface area (Å²) in [6.07, 6.45) is 16.6. The maximum absolute atomic E-state index is 2.55. The van der Waals surface area contributed by atoms with Crippen LogP contribution in [0.1, 0.15) is 24.8 Å². The summed E-state index contributed by atoms with van der Waals surface area (Å²) in [6.45, 7) is 0. The van der Waals surface area contributed by atoms with Crippen LogP contribution in [0.25, 0.3) is 61.2 Å². The first-order valence-electron chi connectivity index (χ1n) is 32.6. The lowest BCUT2D eigenvalue weighted by Crippen LogP contribution is -2.34. The van der Waals surface area contributed by atoms with E-state index in [2.05, 4.69) is 402 Å². The number of rotatable bonds is 18. The number of benzene rings is 13. The van der Waals surface area contributed by atoms with Gasteiger partial charge >= 0.3 is 0 Å². The highest BCUT2D eigenvalue weighted by atomic mass is 15.2. The molecule has 13 aromatic carbocycles. The van der Waals surface area contributed by atoms with Crippen LogP contribution in [0.5, 0.6) is 0 Å². The van der Waals surface area contributed by atoms with E-state index in [4.69, 9.17) is 0 Å². The molecule has 2 aliphatic carbocycles. The van der Waals surface area contributed by atoms with Gasteiger partial charge in [0, 0.05) is 62.6 Å². The molecule has 0 saturated carbocycles. The summed E-state index contributed by atoms with van der Waals surface area (Å²) in [6, 6.07) is 125. The molecule has 13 aromatic rings. The Bertz CT molecular complexity index is 4760. The number of hydrogen-bond acceptors (Lipinski definition) is 4. The molecule has 1 atom stereocenters. The molecule has 2 aliphatic rings. The molecule has 0 spiro atoms. The third-order valence-corrected chi connectivity index (χ3v) is 18.1. The predicted octanol–water partition coefficient (Wildman–Crippen LogP) is 24.9. The maximum atomic E-state index is 2.55. The van der Waals surface area contributed by atoms with Gasteiger partial charge in [-0.25, -0.2) is 0 Å². The van der Waals surface area contributed by atoms with Crippen molar-refractivity contribution in [2.45, 2.75) is 25.3 Å². The van der Waals surface area contributed by atoms with Gasteiger partial charge in [0.05, 0.1) is 6.04 Å². The van der Waals surface area contributed by atoms with Crippen LogP contribution in [0.3, 0.4) is 0 Å². The molecule has 0 aromatic heterocycles. The molecule has 0 amide bonds. The Morgan fingerprint density at radius 3 is 0.745 bits per heavy atom. The molecule has 0 heterocycles. The molecule has 0 N–H and O–H groups in total. The van der Waals surface area contributed by atoms with Crippen LogP contribution in [0.15, 0.2) is 388 Å². The zero-order chi connectivity index (χ0) is 62.8. The lowest BCUT2D eigenvalue weighted by atomic mass is 9.93. The highest BCUT2D eigenvalue weighted by Gasteiger charge is 2.24. The summed E-state index contributed by atoms with van der Waals surface area (Å²) in [4.78, 5) is 9.54. The molecule has 15 rings (SSSR count). The topological polar surface area (TPSA) is 13.0 Å². The maximum Gasteiger partial charge on any atom is 0.0556 e.